The Bertz CT molecular complexity index is 326. The van der Waals surface area contributed by atoms with Gasteiger partial charge >= 0.3 is 0 Å². The Hall–Kier alpha value is -1.51. The van der Waals surface area contributed by atoms with Crippen LogP contribution in [-0.4, -0.2) is 12.3 Å². The van der Waals surface area contributed by atoms with Crippen molar-refractivity contribution in [2.75, 3.05) is 0 Å². The highest BCUT2D eigenvalue weighted by Gasteiger charge is 2.15. The first-order chi connectivity index (χ1) is 7.38. The fourth-order valence-electron chi connectivity index (χ4n) is 1.92. The molecule has 1 saturated carbocycles. The summed E-state index contributed by atoms with van der Waals surface area (Å²) in [5, 5.41) is 3.47. The molecule has 0 unspecified atom stereocenters. The maximum absolute atomic E-state index is 5.83. The van der Waals surface area contributed by atoms with E-state index in [1.807, 2.05) is 24.3 Å². The van der Waals surface area contributed by atoms with Gasteiger partial charge in [0.15, 0.2) is 0 Å². The van der Waals surface area contributed by atoms with E-state index in [9.17, 15) is 0 Å². The zero-order valence-electron chi connectivity index (χ0n) is 8.73. The van der Waals surface area contributed by atoms with Crippen LogP contribution in [0.3, 0.4) is 0 Å². The Morgan fingerprint density at radius 1 is 1.20 bits per heavy atom. The number of nitrogens with two attached hydrogens (primary N) is 1. The molecule has 1 aliphatic carbocycles. The Kier molecular flexibility index (Phi) is 3.22. The fourth-order valence-corrected chi connectivity index (χ4v) is 1.92. The van der Waals surface area contributed by atoms with E-state index >= 15 is 0 Å². The summed E-state index contributed by atoms with van der Waals surface area (Å²) in [4.78, 5) is 0. The first-order valence-corrected chi connectivity index (χ1v) is 5.38. The van der Waals surface area contributed by atoms with E-state index in [2.05, 4.69) is 5.10 Å². The lowest BCUT2D eigenvalue weighted by atomic mass is 10.2. The van der Waals surface area contributed by atoms with Gasteiger partial charge in [0.2, 0.25) is 0 Å². The molecule has 0 heterocycles. The number of hydrogen-bond acceptors (Lipinski definition) is 3. The lowest BCUT2D eigenvalue weighted by molar-refractivity contribution is 0.210. The Labute approximate surface area is 89.9 Å². The van der Waals surface area contributed by atoms with Crippen LogP contribution < -0.4 is 10.6 Å². The molecule has 2 N–H and O–H groups in total. The second-order valence-electron chi connectivity index (χ2n) is 3.87. The van der Waals surface area contributed by atoms with Crippen molar-refractivity contribution in [1.82, 2.24) is 0 Å². The molecule has 0 amide bonds. The van der Waals surface area contributed by atoms with Crippen molar-refractivity contribution in [2.45, 2.75) is 31.8 Å². The molecular formula is C12H16N2O. The SMILES string of the molecule is NN=Cc1ccc(OC2CCCC2)cc1. The van der Waals surface area contributed by atoms with E-state index in [4.69, 9.17) is 10.6 Å². The highest BCUT2D eigenvalue weighted by molar-refractivity contribution is 5.79. The predicted molar refractivity (Wildman–Crippen MR) is 61.1 cm³/mol. The van der Waals surface area contributed by atoms with Gasteiger partial charge in [0, 0.05) is 0 Å². The molecule has 0 radical (unpaired) electrons. The Morgan fingerprint density at radius 2 is 1.87 bits per heavy atom. The molecular weight excluding hydrogens is 188 g/mol. The van der Waals surface area contributed by atoms with Crippen LogP contribution in [0.2, 0.25) is 0 Å². The third kappa shape index (κ3) is 2.72. The highest BCUT2D eigenvalue weighted by Crippen LogP contribution is 2.23. The third-order valence-electron chi connectivity index (χ3n) is 2.71. The smallest absolute Gasteiger partial charge is 0.119 e. The summed E-state index contributed by atoms with van der Waals surface area (Å²) in [5.74, 6) is 6.01. The zero-order chi connectivity index (χ0) is 10.5. The topological polar surface area (TPSA) is 47.6 Å². The number of nitrogens with zero attached hydrogens (tertiary/aromatic N) is 1. The normalized spacial score (nSPS) is 17.3. The molecule has 0 atom stereocenters. The van der Waals surface area contributed by atoms with Crippen LogP contribution in [0.4, 0.5) is 0 Å². The quantitative estimate of drug-likeness (QED) is 0.466. The predicted octanol–water partition coefficient (Wildman–Crippen LogP) is 2.30. The van der Waals surface area contributed by atoms with Gasteiger partial charge in [-0.2, -0.15) is 5.10 Å². The zero-order valence-corrected chi connectivity index (χ0v) is 8.73. The van der Waals surface area contributed by atoms with E-state index in [0.29, 0.717) is 6.10 Å². The molecule has 0 spiro atoms. The monoisotopic (exact) mass is 204 g/mol. The molecule has 0 aliphatic heterocycles. The standard InChI is InChI=1S/C12H16N2O/c13-14-9-10-5-7-12(8-6-10)15-11-3-1-2-4-11/h5-9,11H,1-4,13H2. The molecule has 1 fully saturated rings. The molecule has 0 aromatic heterocycles. The van der Waals surface area contributed by atoms with Crippen molar-refractivity contribution < 1.29 is 4.74 Å². The average molecular weight is 204 g/mol. The molecule has 2 rings (SSSR count). The lowest BCUT2D eigenvalue weighted by Crippen LogP contribution is -2.10. The van der Waals surface area contributed by atoms with Crippen molar-refractivity contribution in [3.8, 4) is 5.75 Å². The van der Waals surface area contributed by atoms with Gasteiger partial charge in [0.1, 0.15) is 5.75 Å². The van der Waals surface area contributed by atoms with Crippen LogP contribution in [0.15, 0.2) is 29.4 Å². The molecule has 15 heavy (non-hydrogen) atoms. The number of benzene rings is 1. The third-order valence-corrected chi connectivity index (χ3v) is 2.71. The minimum atomic E-state index is 0.416. The lowest BCUT2D eigenvalue weighted by Gasteiger charge is -2.12. The van der Waals surface area contributed by atoms with Gasteiger partial charge in [-0.15, -0.1) is 0 Å². The largest absolute Gasteiger partial charge is 0.490 e. The van der Waals surface area contributed by atoms with E-state index in [1.54, 1.807) is 6.21 Å². The van der Waals surface area contributed by atoms with Crippen LogP contribution in [-0.2, 0) is 0 Å². The second kappa shape index (κ2) is 4.82. The summed E-state index contributed by atoms with van der Waals surface area (Å²) in [7, 11) is 0. The number of hydrazone groups is 1. The summed E-state index contributed by atoms with van der Waals surface area (Å²) in [6.45, 7) is 0. The van der Waals surface area contributed by atoms with Gasteiger partial charge in [-0.1, -0.05) is 0 Å². The Balaban J connectivity index is 1.97. The fraction of sp³-hybridized carbons (Fsp3) is 0.417. The van der Waals surface area contributed by atoms with Crippen LogP contribution in [0.1, 0.15) is 31.2 Å². The summed E-state index contributed by atoms with van der Waals surface area (Å²) >= 11 is 0. The summed E-state index contributed by atoms with van der Waals surface area (Å²) in [6.07, 6.45) is 7.00. The number of ether oxygens (including phenoxy) is 1. The van der Waals surface area contributed by atoms with Gasteiger partial charge in [-0.25, -0.2) is 0 Å². The van der Waals surface area contributed by atoms with E-state index in [0.717, 1.165) is 11.3 Å². The van der Waals surface area contributed by atoms with Crippen LogP contribution in [0.5, 0.6) is 5.75 Å². The molecule has 1 aliphatic rings. The minimum Gasteiger partial charge on any atom is -0.490 e. The molecule has 3 nitrogen and oxygen atoms in total. The maximum Gasteiger partial charge on any atom is 0.119 e. The van der Waals surface area contributed by atoms with Crippen molar-refractivity contribution >= 4 is 6.21 Å². The highest BCUT2D eigenvalue weighted by atomic mass is 16.5. The first-order valence-electron chi connectivity index (χ1n) is 5.38. The van der Waals surface area contributed by atoms with Crippen LogP contribution >= 0.6 is 0 Å². The van der Waals surface area contributed by atoms with Crippen molar-refractivity contribution in [3.05, 3.63) is 29.8 Å². The van der Waals surface area contributed by atoms with Gasteiger partial charge in [-0.3, -0.25) is 0 Å². The van der Waals surface area contributed by atoms with Gasteiger partial charge in [0.25, 0.3) is 0 Å². The van der Waals surface area contributed by atoms with Gasteiger partial charge in [0.05, 0.1) is 12.3 Å². The number of hydrogen-bond donors (Lipinski definition) is 1. The molecule has 1 aromatic carbocycles. The van der Waals surface area contributed by atoms with Crippen LogP contribution in [0.25, 0.3) is 0 Å². The molecule has 1 aromatic rings. The van der Waals surface area contributed by atoms with E-state index in [1.165, 1.54) is 25.7 Å². The van der Waals surface area contributed by atoms with E-state index < -0.39 is 0 Å². The minimum absolute atomic E-state index is 0.416. The summed E-state index contributed by atoms with van der Waals surface area (Å²) < 4.78 is 5.83. The van der Waals surface area contributed by atoms with E-state index in [-0.39, 0.29) is 0 Å². The van der Waals surface area contributed by atoms with Crippen molar-refractivity contribution in [2.24, 2.45) is 10.9 Å². The molecule has 3 heteroatoms. The van der Waals surface area contributed by atoms with Crippen LogP contribution in [0, 0.1) is 0 Å². The average Bonchev–Trinajstić information content (AvgIpc) is 2.74. The molecule has 80 valence electrons. The number of rotatable bonds is 3. The van der Waals surface area contributed by atoms with Gasteiger partial charge < -0.3 is 10.6 Å². The Morgan fingerprint density at radius 3 is 2.47 bits per heavy atom. The van der Waals surface area contributed by atoms with Crippen molar-refractivity contribution in [3.63, 3.8) is 0 Å². The first kappa shape index (κ1) is 10.0. The summed E-state index contributed by atoms with van der Waals surface area (Å²) in [6, 6.07) is 7.85. The van der Waals surface area contributed by atoms with Crippen molar-refractivity contribution in [1.29, 1.82) is 0 Å². The molecule has 0 bridgehead atoms. The second-order valence-corrected chi connectivity index (χ2v) is 3.87. The molecule has 0 saturated heterocycles. The summed E-state index contributed by atoms with van der Waals surface area (Å²) in [5.41, 5.74) is 0.997. The van der Waals surface area contributed by atoms with Gasteiger partial charge in [-0.05, 0) is 55.5 Å². The maximum atomic E-state index is 5.83.